The number of rotatable bonds is 3. The first-order valence-corrected chi connectivity index (χ1v) is 8.54. The molecule has 0 spiro atoms. The molecule has 2 heteroatoms. The maximum absolute atomic E-state index is 4.70. The lowest BCUT2D eigenvalue weighted by molar-refractivity contribution is 0.0301. The van der Waals surface area contributed by atoms with Gasteiger partial charge >= 0.3 is 0 Å². The van der Waals surface area contributed by atoms with E-state index in [1.54, 1.807) is 0 Å². The van der Waals surface area contributed by atoms with E-state index in [0.717, 1.165) is 23.6 Å². The van der Waals surface area contributed by atoms with Crippen LogP contribution >= 0.6 is 12.6 Å². The van der Waals surface area contributed by atoms with E-state index in [0.29, 0.717) is 5.41 Å². The molecule has 0 amide bonds. The molecule has 1 saturated heterocycles. The molecule has 0 bridgehead atoms. The van der Waals surface area contributed by atoms with Crippen LogP contribution in [-0.2, 0) is 0 Å². The van der Waals surface area contributed by atoms with Crippen molar-refractivity contribution < 1.29 is 0 Å². The lowest BCUT2D eigenvalue weighted by atomic mass is 9.74. The summed E-state index contributed by atoms with van der Waals surface area (Å²) >= 11 is 4.70. The van der Waals surface area contributed by atoms with E-state index in [9.17, 15) is 0 Å². The van der Waals surface area contributed by atoms with Crippen molar-refractivity contribution in [3.05, 3.63) is 0 Å². The smallest absolute Gasteiger partial charge is 0.00930 e. The Labute approximate surface area is 119 Å². The highest BCUT2D eigenvalue weighted by molar-refractivity contribution is 7.80. The summed E-state index contributed by atoms with van der Waals surface area (Å²) in [5, 5.41) is 0. The van der Waals surface area contributed by atoms with Gasteiger partial charge in [-0.2, -0.15) is 12.6 Å². The first-order chi connectivity index (χ1) is 8.56. The van der Waals surface area contributed by atoms with Crippen molar-refractivity contribution in [2.75, 3.05) is 18.8 Å². The minimum atomic E-state index is 0.520. The Morgan fingerprint density at radius 3 is 2.39 bits per heavy atom. The highest BCUT2D eigenvalue weighted by Crippen LogP contribution is 2.40. The lowest BCUT2D eigenvalue weighted by Crippen LogP contribution is -2.51. The van der Waals surface area contributed by atoms with Crippen molar-refractivity contribution >= 4 is 12.6 Å². The molecule has 1 aliphatic carbocycles. The minimum Gasteiger partial charge on any atom is -0.300 e. The van der Waals surface area contributed by atoms with Crippen LogP contribution in [0, 0.1) is 17.3 Å². The maximum atomic E-state index is 4.70. The average Bonchev–Trinajstić information content (AvgIpc) is 2.36. The third-order valence-electron chi connectivity index (χ3n) is 5.51. The molecule has 3 unspecified atom stereocenters. The summed E-state index contributed by atoms with van der Waals surface area (Å²) in [5.74, 6) is 2.81. The van der Waals surface area contributed by atoms with Crippen LogP contribution in [0.3, 0.4) is 0 Å². The predicted molar refractivity (Wildman–Crippen MR) is 83.4 cm³/mol. The first-order valence-electron chi connectivity index (χ1n) is 7.91. The monoisotopic (exact) mass is 269 g/mol. The highest BCUT2D eigenvalue weighted by Gasteiger charge is 2.37. The molecule has 106 valence electrons. The molecule has 1 nitrogen and oxygen atoms in total. The van der Waals surface area contributed by atoms with Gasteiger partial charge in [-0.05, 0) is 49.2 Å². The van der Waals surface area contributed by atoms with Crippen molar-refractivity contribution in [2.45, 2.75) is 65.3 Å². The Morgan fingerprint density at radius 1 is 1.11 bits per heavy atom. The molecule has 0 aromatic heterocycles. The van der Waals surface area contributed by atoms with E-state index >= 15 is 0 Å². The second-order valence-electron chi connectivity index (χ2n) is 7.21. The number of thiol groups is 1. The normalized spacial score (nSPS) is 37.7. The molecule has 2 rings (SSSR count). The fraction of sp³-hybridized carbons (Fsp3) is 1.00. The second kappa shape index (κ2) is 6.17. The van der Waals surface area contributed by atoms with Gasteiger partial charge in [-0.15, -0.1) is 0 Å². The number of hydrogen-bond donors (Lipinski definition) is 1. The van der Waals surface area contributed by atoms with Gasteiger partial charge in [0.1, 0.15) is 0 Å². The third-order valence-corrected chi connectivity index (χ3v) is 6.18. The number of hydrogen-bond acceptors (Lipinski definition) is 2. The van der Waals surface area contributed by atoms with Gasteiger partial charge in [0.2, 0.25) is 0 Å². The minimum absolute atomic E-state index is 0.520. The Hall–Kier alpha value is 0.310. The van der Waals surface area contributed by atoms with Crippen molar-refractivity contribution in [1.29, 1.82) is 0 Å². The predicted octanol–water partition coefficient (Wildman–Crippen LogP) is 4.23. The summed E-state index contributed by atoms with van der Waals surface area (Å²) in [6.45, 7) is 9.89. The Balaban J connectivity index is 2.01. The summed E-state index contributed by atoms with van der Waals surface area (Å²) in [4.78, 5) is 2.78. The maximum Gasteiger partial charge on any atom is 0.00930 e. The molecule has 1 saturated carbocycles. The summed E-state index contributed by atoms with van der Waals surface area (Å²) in [6, 6.07) is 0.764. The summed E-state index contributed by atoms with van der Waals surface area (Å²) in [5.41, 5.74) is 0.520. The second-order valence-corrected chi connectivity index (χ2v) is 7.52. The van der Waals surface area contributed by atoms with Crippen molar-refractivity contribution in [2.24, 2.45) is 17.3 Å². The van der Waals surface area contributed by atoms with E-state index in [1.807, 2.05) is 0 Å². The first kappa shape index (κ1) is 14.7. The summed E-state index contributed by atoms with van der Waals surface area (Å²) < 4.78 is 0. The lowest BCUT2D eigenvalue weighted by Gasteiger charge is -2.47. The largest absolute Gasteiger partial charge is 0.300 e. The van der Waals surface area contributed by atoms with Crippen LogP contribution < -0.4 is 0 Å². The fourth-order valence-electron chi connectivity index (χ4n) is 4.14. The molecule has 0 radical (unpaired) electrons. The van der Waals surface area contributed by atoms with Gasteiger partial charge in [0.15, 0.2) is 0 Å². The zero-order chi connectivity index (χ0) is 13.2. The molecule has 2 aliphatic rings. The SMILES string of the molecule is CC1CC(C)C(C)N(CC2(CS)CCCCC2)C1. The van der Waals surface area contributed by atoms with E-state index < -0.39 is 0 Å². The van der Waals surface area contributed by atoms with Gasteiger partial charge in [-0.25, -0.2) is 0 Å². The Morgan fingerprint density at radius 2 is 1.78 bits per heavy atom. The highest BCUT2D eigenvalue weighted by atomic mass is 32.1. The van der Waals surface area contributed by atoms with E-state index in [1.165, 1.54) is 51.6 Å². The van der Waals surface area contributed by atoms with Gasteiger partial charge in [0, 0.05) is 19.1 Å². The van der Waals surface area contributed by atoms with Crippen molar-refractivity contribution in [1.82, 2.24) is 4.90 Å². The molecule has 1 aliphatic heterocycles. The zero-order valence-corrected chi connectivity index (χ0v) is 13.4. The van der Waals surface area contributed by atoms with Crippen molar-refractivity contribution in [3.63, 3.8) is 0 Å². The fourth-order valence-corrected chi connectivity index (χ4v) is 4.56. The van der Waals surface area contributed by atoms with Crippen molar-refractivity contribution in [3.8, 4) is 0 Å². The van der Waals surface area contributed by atoms with Gasteiger partial charge in [0.05, 0.1) is 0 Å². The van der Waals surface area contributed by atoms with Gasteiger partial charge in [-0.3, -0.25) is 4.90 Å². The Bertz CT molecular complexity index is 260. The summed E-state index contributed by atoms with van der Waals surface area (Å²) in [7, 11) is 0. The number of likely N-dealkylation sites (tertiary alicyclic amines) is 1. The van der Waals surface area contributed by atoms with Crippen LogP contribution in [-0.4, -0.2) is 29.8 Å². The van der Waals surface area contributed by atoms with E-state index in [4.69, 9.17) is 12.6 Å². The molecule has 3 atom stereocenters. The number of nitrogens with zero attached hydrogens (tertiary/aromatic N) is 1. The van der Waals surface area contributed by atoms with Crippen LogP contribution in [0.25, 0.3) is 0 Å². The van der Waals surface area contributed by atoms with Gasteiger partial charge < -0.3 is 0 Å². The molecular weight excluding hydrogens is 238 g/mol. The number of piperidine rings is 1. The van der Waals surface area contributed by atoms with Crippen LogP contribution in [0.5, 0.6) is 0 Å². The molecule has 0 aromatic rings. The molecular formula is C16H31NS. The van der Waals surface area contributed by atoms with E-state index in [2.05, 4.69) is 25.7 Å². The zero-order valence-electron chi connectivity index (χ0n) is 12.5. The summed E-state index contributed by atoms with van der Waals surface area (Å²) in [6.07, 6.45) is 8.51. The van der Waals surface area contributed by atoms with E-state index in [-0.39, 0.29) is 0 Å². The molecule has 2 fully saturated rings. The van der Waals surface area contributed by atoms with Gasteiger partial charge in [0.25, 0.3) is 0 Å². The molecule has 0 aromatic carbocycles. The van der Waals surface area contributed by atoms with Crippen LogP contribution in [0.1, 0.15) is 59.3 Å². The molecule has 1 heterocycles. The standard InChI is InChI=1S/C16H31NS/c1-13-9-14(2)15(3)17(10-13)11-16(12-18)7-5-4-6-8-16/h13-15,18H,4-12H2,1-3H3. The van der Waals surface area contributed by atoms with Crippen LogP contribution in [0.2, 0.25) is 0 Å². The molecule has 18 heavy (non-hydrogen) atoms. The quantitative estimate of drug-likeness (QED) is 0.750. The molecule has 0 N–H and O–H groups in total. The topological polar surface area (TPSA) is 3.24 Å². The van der Waals surface area contributed by atoms with Gasteiger partial charge in [-0.1, -0.05) is 33.1 Å². The Kier molecular flexibility index (Phi) is 5.05. The van der Waals surface area contributed by atoms with Crippen LogP contribution in [0.15, 0.2) is 0 Å². The third kappa shape index (κ3) is 3.25. The van der Waals surface area contributed by atoms with Crippen LogP contribution in [0.4, 0.5) is 0 Å². The average molecular weight is 269 g/mol.